The summed E-state index contributed by atoms with van der Waals surface area (Å²) in [7, 11) is -2.58. The number of ether oxygens (including phenoxy) is 1. The Morgan fingerprint density at radius 1 is 0.500 bits per heavy atom. The number of benzene rings is 6. The van der Waals surface area contributed by atoms with Gasteiger partial charge in [0.15, 0.2) is 0 Å². The normalized spacial score (nSPS) is 11.9. The highest BCUT2D eigenvalue weighted by atomic mass is 79.9. The molecule has 9 heteroatoms. The van der Waals surface area contributed by atoms with Crippen molar-refractivity contribution >= 4 is 23.2 Å². The molecule has 6 aromatic carbocycles. The number of halogens is 7. The second-order valence-electron chi connectivity index (χ2n) is 11.0. The molecule has 0 bridgehead atoms. The summed E-state index contributed by atoms with van der Waals surface area (Å²) in [4.78, 5) is 0. The highest BCUT2D eigenvalue weighted by Crippen LogP contribution is 2.59. The van der Waals surface area contributed by atoms with Crippen molar-refractivity contribution in [3.63, 3.8) is 0 Å². The summed E-state index contributed by atoms with van der Waals surface area (Å²) in [5, 5.41) is 3.00. The second kappa shape index (κ2) is 14.4. The zero-order valence-corrected chi connectivity index (χ0v) is 27.7. The van der Waals surface area contributed by atoms with E-state index in [4.69, 9.17) is 4.74 Å². The third kappa shape index (κ3) is 7.35. The Balaban J connectivity index is 0.00000451. The molecule has 1 nitrogen and oxygen atoms in total. The number of alkyl halides is 5. The Hall–Kier alpha value is -4.39. The van der Waals surface area contributed by atoms with Crippen LogP contribution in [0.2, 0.25) is 0 Å². The van der Waals surface area contributed by atoms with Crippen LogP contribution in [0.25, 0.3) is 11.1 Å². The van der Waals surface area contributed by atoms with Gasteiger partial charge in [0.2, 0.25) is 0 Å². The van der Waals surface area contributed by atoms with Gasteiger partial charge in [0.25, 0.3) is 0 Å². The Kier molecular flexibility index (Phi) is 10.5. The van der Waals surface area contributed by atoms with E-state index in [9.17, 15) is 17.6 Å². The topological polar surface area (TPSA) is 9.23 Å². The Bertz CT molecular complexity index is 1840. The lowest BCUT2D eigenvalue weighted by atomic mass is 10.0. The van der Waals surface area contributed by atoms with Crippen LogP contribution in [0.3, 0.4) is 0 Å². The van der Waals surface area contributed by atoms with Crippen LogP contribution in [-0.4, -0.2) is 0 Å². The fraction of sp³-hybridized carbons (Fsp3) is 0.0769. The lowest BCUT2D eigenvalue weighted by molar-refractivity contribution is -0.185. The number of hydrogen-bond acceptors (Lipinski definition) is 1. The van der Waals surface area contributed by atoms with Crippen LogP contribution in [0.15, 0.2) is 158 Å². The molecular formula is C39H28BrF6OP. The summed E-state index contributed by atoms with van der Waals surface area (Å²) in [6.45, 7) is 0. The van der Waals surface area contributed by atoms with E-state index in [1.807, 2.05) is 91.0 Å². The van der Waals surface area contributed by atoms with Crippen molar-refractivity contribution in [2.75, 3.05) is 0 Å². The van der Waals surface area contributed by atoms with Gasteiger partial charge in [-0.2, -0.15) is 22.0 Å². The molecule has 0 aliphatic heterocycles. The van der Waals surface area contributed by atoms with Crippen molar-refractivity contribution in [1.82, 2.24) is 0 Å². The first-order chi connectivity index (χ1) is 22.6. The van der Waals surface area contributed by atoms with Crippen molar-refractivity contribution in [1.29, 1.82) is 0 Å². The summed E-state index contributed by atoms with van der Waals surface area (Å²) < 4.78 is 90.8. The molecule has 0 spiro atoms. The Morgan fingerprint density at radius 2 is 0.917 bits per heavy atom. The van der Waals surface area contributed by atoms with Crippen LogP contribution in [0.1, 0.15) is 16.7 Å². The molecule has 0 saturated heterocycles. The van der Waals surface area contributed by atoms with Crippen LogP contribution >= 0.6 is 7.26 Å². The zero-order valence-electron chi connectivity index (χ0n) is 25.2. The fourth-order valence-corrected chi connectivity index (χ4v) is 9.94. The minimum atomic E-state index is -4.48. The van der Waals surface area contributed by atoms with Gasteiger partial charge in [0, 0.05) is 5.56 Å². The van der Waals surface area contributed by atoms with Crippen molar-refractivity contribution < 1.29 is 48.1 Å². The van der Waals surface area contributed by atoms with E-state index in [0.29, 0.717) is 11.1 Å². The van der Waals surface area contributed by atoms with Gasteiger partial charge in [0.05, 0.1) is 11.1 Å². The molecule has 0 heterocycles. The van der Waals surface area contributed by atoms with Crippen molar-refractivity contribution in [3.05, 3.63) is 180 Å². The third-order valence-electron chi connectivity index (χ3n) is 8.03. The van der Waals surface area contributed by atoms with Crippen molar-refractivity contribution in [2.24, 2.45) is 0 Å². The maximum Gasteiger partial charge on any atom is 0.426 e. The summed E-state index contributed by atoms with van der Waals surface area (Å²) in [5.41, 5.74) is -0.0673. The number of hydrogen-bond donors (Lipinski definition) is 0. The predicted octanol–water partition coefficient (Wildman–Crippen LogP) is 7.14. The first kappa shape index (κ1) is 34.9. The predicted molar refractivity (Wildman–Crippen MR) is 177 cm³/mol. The highest BCUT2D eigenvalue weighted by Gasteiger charge is 2.47. The molecule has 48 heavy (non-hydrogen) atoms. The van der Waals surface area contributed by atoms with Gasteiger partial charge in [-0.1, -0.05) is 78.9 Å². The van der Waals surface area contributed by atoms with E-state index in [2.05, 4.69) is 0 Å². The molecule has 0 unspecified atom stereocenters. The molecule has 0 atom stereocenters. The molecule has 6 aromatic rings. The lowest BCUT2D eigenvalue weighted by Crippen LogP contribution is -3.00. The average molecular weight is 738 g/mol. The highest BCUT2D eigenvalue weighted by molar-refractivity contribution is 7.95. The van der Waals surface area contributed by atoms with E-state index >= 15 is 8.78 Å². The minimum Gasteiger partial charge on any atom is -1.00 e. The Labute approximate surface area is 286 Å². The first-order valence-corrected chi connectivity index (χ1v) is 16.7. The van der Waals surface area contributed by atoms with E-state index in [0.717, 1.165) is 34.1 Å². The molecule has 0 fully saturated rings. The van der Waals surface area contributed by atoms with E-state index in [1.165, 1.54) is 48.5 Å². The van der Waals surface area contributed by atoms with Crippen LogP contribution in [-0.2, 0) is 18.4 Å². The summed E-state index contributed by atoms with van der Waals surface area (Å²) >= 11 is 0. The van der Waals surface area contributed by atoms with Crippen LogP contribution in [0.5, 0.6) is 5.75 Å². The van der Waals surface area contributed by atoms with Gasteiger partial charge in [-0.05, 0) is 90.0 Å². The number of rotatable bonds is 9. The van der Waals surface area contributed by atoms with E-state index in [1.54, 1.807) is 0 Å². The van der Waals surface area contributed by atoms with Gasteiger partial charge in [-0.15, -0.1) is 0 Å². The first-order valence-electron chi connectivity index (χ1n) is 14.7. The maximum atomic E-state index is 15.8. The van der Waals surface area contributed by atoms with Gasteiger partial charge in [-0.25, -0.2) is 4.39 Å². The molecule has 0 saturated carbocycles. The smallest absolute Gasteiger partial charge is 0.426 e. The molecule has 6 rings (SSSR count). The summed E-state index contributed by atoms with van der Waals surface area (Å²) in [6, 6.07) is 42.6. The van der Waals surface area contributed by atoms with Crippen molar-refractivity contribution in [2.45, 2.75) is 18.4 Å². The molecule has 0 radical (unpaired) electrons. The fourth-order valence-electron chi connectivity index (χ4n) is 5.70. The van der Waals surface area contributed by atoms with Gasteiger partial charge < -0.3 is 21.7 Å². The second-order valence-corrected chi connectivity index (χ2v) is 14.5. The lowest BCUT2D eigenvalue weighted by Gasteiger charge is -2.29. The van der Waals surface area contributed by atoms with Crippen molar-refractivity contribution in [3.8, 4) is 16.9 Å². The third-order valence-corrected chi connectivity index (χ3v) is 12.4. The molecular weight excluding hydrogens is 709 g/mol. The van der Waals surface area contributed by atoms with Crippen LogP contribution < -0.4 is 37.6 Å². The van der Waals surface area contributed by atoms with E-state index in [-0.39, 0.29) is 34.5 Å². The largest absolute Gasteiger partial charge is 1.00 e. The monoisotopic (exact) mass is 736 g/mol. The van der Waals surface area contributed by atoms with Gasteiger partial charge in [-0.3, -0.25) is 0 Å². The average Bonchev–Trinajstić information content (AvgIpc) is 3.09. The molecule has 0 aliphatic carbocycles. The molecule has 0 aromatic heterocycles. The standard InChI is InChI=1S/C39H28F6OP.BrH/c40-33-24-25-37(46-39(44,45)32-22-18-29(19-23-32)28-16-20-31(21-17-28)38(41,42)43)30(26-33)27-47(34-10-4-1-5-11-34,35-12-6-2-7-13-35)36-14-8-3-9-15-36;/h1-26H,27H2;1H/q+1;/p-1. The summed E-state index contributed by atoms with van der Waals surface area (Å²) in [6.07, 6.45) is -8.08. The minimum absolute atomic E-state index is 0. The van der Waals surface area contributed by atoms with Crippen LogP contribution in [0, 0.1) is 5.82 Å². The SMILES string of the molecule is Fc1ccc(OC(F)(F)c2ccc(-c3ccc(C(F)(F)F)cc3)cc2)c(C[P+](c2ccccc2)(c2ccccc2)c2ccccc2)c1.[Br-]. The molecule has 244 valence electrons. The van der Waals surface area contributed by atoms with Crippen LogP contribution in [0.4, 0.5) is 26.3 Å². The van der Waals surface area contributed by atoms with Gasteiger partial charge >= 0.3 is 12.3 Å². The quantitative estimate of drug-likeness (QED) is 0.113. The Morgan fingerprint density at radius 3 is 1.33 bits per heavy atom. The molecule has 0 aliphatic rings. The summed E-state index contributed by atoms with van der Waals surface area (Å²) in [5.74, 6) is -0.737. The molecule has 0 N–H and O–H groups in total. The zero-order chi connectivity index (χ0) is 33.1. The maximum absolute atomic E-state index is 15.8. The van der Waals surface area contributed by atoms with Gasteiger partial charge in [0.1, 0.15) is 40.9 Å². The molecule has 0 amide bonds. The van der Waals surface area contributed by atoms with E-state index < -0.39 is 36.5 Å².